The number of anilines is 1. The van der Waals surface area contributed by atoms with Gasteiger partial charge in [0.15, 0.2) is 0 Å². The molecule has 0 aromatic carbocycles. The van der Waals surface area contributed by atoms with E-state index in [1.165, 1.54) is 0 Å². The van der Waals surface area contributed by atoms with Crippen LogP contribution in [0.5, 0.6) is 0 Å². The number of nitrogens with zero attached hydrogens (tertiary/aromatic N) is 4. The van der Waals surface area contributed by atoms with E-state index in [0.29, 0.717) is 5.69 Å². The fourth-order valence-corrected chi connectivity index (χ4v) is 1.05. The van der Waals surface area contributed by atoms with Crippen LogP contribution in [-0.2, 0) is 7.05 Å². The summed E-state index contributed by atoms with van der Waals surface area (Å²) in [6, 6.07) is 3.50. The summed E-state index contributed by atoms with van der Waals surface area (Å²) >= 11 is 0. The average molecular weight is 175 g/mol. The molecule has 0 saturated heterocycles. The van der Waals surface area contributed by atoms with Crippen LogP contribution >= 0.6 is 0 Å². The van der Waals surface area contributed by atoms with E-state index < -0.39 is 0 Å². The van der Waals surface area contributed by atoms with Crippen LogP contribution in [0, 0.1) is 0 Å². The van der Waals surface area contributed by atoms with Gasteiger partial charge in [-0.15, -0.1) is 5.10 Å². The van der Waals surface area contributed by atoms with Crippen molar-refractivity contribution in [2.75, 3.05) is 5.73 Å². The summed E-state index contributed by atoms with van der Waals surface area (Å²) in [6.07, 6.45) is 3.45. The molecule has 0 spiro atoms. The molecule has 5 heteroatoms. The number of nitrogens with two attached hydrogens (primary N) is 1. The molecule has 0 aliphatic carbocycles. The second kappa shape index (κ2) is 2.85. The van der Waals surface area contributed by atoms with Crippen LogP contribution in [0.3, 0.4) is 0 Å². The lowest BCUT2D eigenvalue weighted by molar-refractivity contribution is 0.715. The zero-order valence-electron chi connectivity index (χ0n) is 7.18. The van der Waals surface area contributed by atoms with E-state index in [4.69, 9.17) is 5.73 Å². The summed E-state index contributed by atoms with van der Waals surface area (Å²) in [6.45, 7) is 0. The Morgan fingerprint density at radius 1 is 1.38 bits per heavy atom. The summed E-state index contributed by atoms with van der Waals surface area (Å²) in [5.74, 6) is 0. The Bertz CT molecular complexity index is 420. The monoisotopic (exact) mass is 175 g/mol. The molecule has 0 amide bonds. The lowest BCUT2D eigenvalue weighted by Gasteiger charge is -1.95. The highest BCUT2D eigenvalue weighted by atomic mass is 15.4. The number of hydrogen-bond acceptors (Lipinski definition) is 4. The first-order valence-corrected chi connectivity index (χ1v) is 3.84. The van der Waals surface area contributed by atoms with E-state index in [1.54, 1.807) is 29.2 Å². The molecule has 0 bridgehead atoms. The Balaban J connectivity index is 2.46. The zero-order chi connectivity index (χ0) is 9.26. The zero-order valence-corrected chi connectivity index (χ0v) is 7.18. The van der Waals surface area contributed by atoms with E-state index in [9.17, 15) is 0 Å². The first-order chi connectivity index (χ1) is 6.25. The molecule has 2 heterocycles. The molecule has 5 nitrogen and oxygen atoms in total. The summed E-state index contributed by atoms with van der Waals surface area (Å²) in [7, 11) is 1.81. The van der Waals surface area contributed by atoms with E-state index >= 15 is 0 Å². The molecule has 0 saturated carbocycles. The van der Waals surface area contributed by atoms with Crippen LogP contribution in [0.2, 0.25) is 0 Å². The molecule has 2 aromatic rings. The van der Waals surface area contributed by atoms with Gasteiger partial charge in [-0.05, 0) is 12.1 Å². The van der Waals surface area contributed by atoms with Crippen LogP contribution < -0.4 is 5.73 Å². The van der Waals surface area contributed by atoms with Gasteiger partial charge < -0.3 is 5.73 Å². The lowest BCUT2D eigenvalue weighted by Crippen LogP contribution is -1.88. The molecule has 2 aromatic heterocycles. The van der Waals surface area contributed by atoms with Crippen molar-refractivity contribution >= 4 is 5.69 Å². The van der Waals surface area contributed by atoms with Gasteiger partial charge in [-0.2, -0.15) is 0 Å². The summed E-state index contributed by atoms with van der Waals surface area (Å²) in [5.41, 5.74) is 7.76. The quantitative estimate of drug-likeness (QED) is 0.683. The third-order valence-electron chi connectivity index (χ3n) is 1.65. The topological polar surface area (TPSA) is 69.6 Å². The highest BCUT2D eigenvalue weighted by Crippen LogP contribution is 2.14. The minimum absolute atomic E-state index is 0.677. The van der Waals surface area contributed by atoms with Crippen molar-refractivity contribution < 1.29 is 0 Å². The molecule has 0 unspecified atom stereocenters. The van der Waals surface area contributed by atoms with E-state index in [2.05, 4.69) is 15.3 Å². The minimum Gasteiger partial charge on any atom is -0.399 e. The van der Waals surface area contributed by atoms with Gasteiger partial charge in [0, 0.05) is 18.9 Å². The second-order valence-corrected chi connectivity index (χ2v) is 2.75. The van der Waals surface area contributed by atoms with Gasteiger partial charge in [-0.25, -0.2) is 0 Å². The average Bonchev–Trinajstić information content (AvgIpc) is 2.52. The minimum atomic E-state index is 0.677. The highest BCUT2D eigenvalue weighted by Gasteiger charge is 2.02. The fourth-order valence-electron chi connectivity index (χ4n) is 1.05. The van der Waals surface area contributed by atoms with Crippen LogP contribution in [0.1, 0.15) is 0 Å². The van der Waals surface area contributed by atoms with Crippen molar-refractivity contribution in [2.45, 2.75) is 0 Å². The first-order valence-electron chi connectivity index (χ1n) is 3.84. The largest absolute Gasteiger partial charge is 0.399 e. The molecule has 0 aliphatic heterocycles. The third-order valence-corrected chi connectivity index (χ3v) is 1.65. The molecular formula is C8H9N5. The molecule has 0 radical (unpaired) electrons. The molecule has 0 atom stereocenters. The molecule has 0 fully saturated rings. The number of nitrogen functional groups attached to an aromatic ring is 1. The standard InChI is InChI=1S/C8H9N5/c1-13-5-8(11-12-13)7-4-6(9)2-3-10-7/h2-5H,1H3,(H2,9,10). The van der Waals surface area contributed by atoms with Crippen molar-refractivity contribution in [1.29, 1.82) is 0 Å². The van der Waals surface area contributed by atoms with Crippen molar-refractivity contribution in [2.24, 2.45) is 7.05 Å². The van der Waals surface area contributed by atoms with Crippen molar-refractivity contribution in [1.82, 2.24) is 20.0 Å². The van der Waals surface area contributed by atoms with Gasteiger partial charge in [-0.1, -0.05) is 5.21 Å². The van der Waals surface area contributed by atoms with Crippen molar-refractivity contribution in [3.8, 4) is 11.4 Å². The van der Waals surface area contributed by atoms with Gasteiger partial charge in [0.2, 0.25) is 0 Å². The molecule has 13 heavy (non-hydrogen) atoms. The maximum Gasteiger partial charge on any atom is 0.131 e. The Hall–Kier alpha value is -1.91. The van der Waals surface area contributed by atoms with Crippen molar-refractivity contribution in [3.05, 3.63) is 24.5 Å². The predicted molar refractivity (Wildman–Crippen MR) is 48.6 cm³/mol. The number of pyridine rings is 1. The number of aromatic nitrogens is 4. The molecule has 0 aliphatic rings. The van der Waals surface area contributed by atoms with E-state index in [1.807, 2.05) is 7.05 Å². The van der Waals surface area contributed by atoms with Gasteiger partial charge in [0.05, 0.1) is 11.9 Å². The summed E-state index contributed by atoms with van der Waals surface area (Å²) < 4.78 is 1.63. The Kier molecular flexibility index (Phi) is 1.70. The Morgan fingerprint density at radius 2 is 2.23 bits per heavy atom. The van der Waals surface area contributed by atoms with Crippen molar-refractivity contribution in [3.63, 3.8) is 0 Å². The molecular weight excluding hydrogens is 166 g/mol. The Morgan fingerprint density at radius 3 is 2.85 bits per heavy atom. The van der Waals surface area contributed by atoms with Gasteiger partial charge >= 0.3 is 0 Å². The maximum atomic E-state index is 5.61. The molecule has 2 N–H and O–H groups in total. The fraction of sp³-hybridized carbons (Fsp3) is 0.125. The normalized spacial score (nSPS) is 10.2. The lowest BCUT2D eigenvalue weighted by atomic mass is 10.3. The SMILES string of the molecule is Cn1cc(-c2cc(N)ccn2)nn1. The van der Waals surface area contributed by atoms with Crippen LogP contribution in [-0.4, -0.2) is 20.0 Å². The number of rotatable bonds is 1. The smallest absolute Gasteiger partial charge is 0.131 e. The molecule has 2 rings (SSSR count). The molecule has 66 valence electrons. The first kappa shape index (κ1) is 7.72. The summed E-state index contributed by atoms with van der Waals surface area (Å²) in [5, 5.41) is 7.73. The van der Waals surface area contributed by atoms with Gasteiger partial charge in [-0.3, -0.25) is 9.67 Å². The maximum absolute atomic E-state index is 5.61. The predicted octanol–water partition coefficient (Wildman–Crippen LogP) is 0.459. The Labute approximate surface area is 75.2 Å². The number of aryl methyl sites for hydroxylation is 1. The summed E-state index contributed by atoms with van der Waals surface area (Å²) in [4.78, 5) is 4.13. The van der Waals surface area contributed by atoms with Crippen LogP contribution in [0.15, 0.2) is 24.5 Å². The van der Waals surface area contributed by atoms with Gasteiger partial charge in [0.1, 0.15) is 5.69 Å². The van der Waals surface area contributed by atoms with Gasteiger partial charge in [0.25, 0.3) is 0 Å². The third kappa shape index (κ3) is 1.48. The highest BCUT2D eigenvalue weighted by molar-refractivity contribution is 5.57. The second-order valence-electron chi connectivity index (χ2n) is 2.75. The van der Waals surface area contributed by atoms with E-state index in [-0.39, 0.29) is 0 Å². The van der Waals surface area contributed by atoms with E-state index in [0.717, 1.165) is 11.4 Å². The van der Waals surface area contributed by atoms with Crippen LogP contribution in [0.4, 0.5) is 5.69 Å². The number of hydrogen-bond donors (Lipinski definition) is 1. The van der Waals surface area contributed by atoms with Crippen LogP contribution in [0.25, 0.3) is 11.4 Å².